The van der Waals surface area contributed by atoms with E-state index < -0.39 is 11.8 Å². The molecule has 188 valence electrons. The highest BCUT2D eigenvalue weighted by Gasteiger charge is 2.34. The predicted octanol–water partition coefficient (Wildman–Crippen LogP) is 5.40. The smallest absolute Gasteiger partial charge is 0.270 e. The maximum atomic E-state index is 13.4. The second kappa shape index (κ2) is 11.7. The SMILES string of the molecule is C=CCc1cc(/C=C2\C(=O)NC(=S)N(c3ccc(CC)cc3)C2=O)cc(OC)c1OCc1ccccc1. The predicted molar refractivity (Wildman–Crippen MR) is 150 cm³/mol. The maximum absolute atomic E-state index is 13.4. The van der Waals surface area contributed by atoms with Gasteiger partial charge in [-0.1, -0.05) is 55.5 Å². The van der Waals surface area contributed by atoms with E-state index in [1.165, 1.54) is 4.90 Å². The van der Waals surface area contributed by atoms with E-state index in [0.717, 1.165) is 23.1 Å². The molecular weight excluding hydrogens is 484 g/mol. The molecule has 2 amide bonds. The van der Waals surface area contributed by atoms with Gasteiger partial charge in [-0.25, -0.2) is 0 Å². The first-order chi connectivity index (χ1) is 17.9. The summed E-state index contributed by atoms with van der Waals surface area (Å²) in [5, 5.41) is 2.68. The van der Waals surface area contributed by atoms with Gasteiger partial charge in [0.15, 0.2) is 16.6 Å². The zero-order valence-corrected chi connectivity index (χ0v) is 21.6. The number of anilines is 1. The minimum Gasteiger partial charge on any atom is -0.493 e. The Hall–Kier alpha value is -4.23. The molecule has 3 aromatic rings. The molecule has 0 aromatic heterocycles. The van der Waals surface area contributed by atoms with Crippen LogP contribution in [0.3, 0.4) is 0 Å². The molecule has 7 heteroatoms. The largest absolute Gasteiger partial charge is 0.493 e. The van der Waals surface area contributed by atoms with Crippen molar-refractivity contribution in [1.29, 1.82) is 0 Å². The van der Waals surface area contributed by atoms with Crippen LogP contribution in [0.15, 0.2) is 85.0 Å². The fraction of sp³-hybridized carbons (Fsp3) is 0.167. The average molecular weight is 513 g/mol. The monoisotopic (exact) mass is 512 g/mol. The number of nitrogens with one attached hydrogen (secondary N) is 1. The van der Waals surface area contributed by atoms with Crippen LogP contribution in [0.4, 0.5) is 5.69 Å². The van der Waals surface area contributed by atoms with Crippen LogP contribution in [0.25, 0.3) is 6.08 Å². The number of allylic oxidation sites excluding steroid dienone is 1. The third-order valence-corrected chi connectivity index (χ3v) is 6.26. The van der Waals surface area contributed by atoms with Crippen LogP contribution in [0, 0.1) is 0 Å². The van der Waals surface area contributed by atoms with Crippen molar-refractivity contribution in [3.63, 3.8) is 0 Å². The van der Waals surface area contributed by atoms with E-state index in [1.54, 1.807) is 25.3 Å². The van der Waals surface area contributed by atoms with E-state index >= 15 is 0 Å². The van der Waals surface area contributed by atoms with Gasteiger partial charge in [-0.15, -0.1) is 6.58 Å². The highest BCUT2D eigenvalue weighted by molar-refractivity contribution is 7.80. The lowest BCUT2D eigenvalue weighted by Gasteiger charge is -2.29. The van der Waals surface area contributed by atoms with E-state index in [1.807, 2.05) is 60.7 Å². The lowest BCUT2D eigenvalue weighted by Crippen LogP contribution is -2.54. The molecule has 1 N–H and O–H groups in total. The van der Waals surface area contributed by atoms with E-state index in [9.17, 15) is 9.59 Å². The number of ether oxygens (including phenoxy) is 2. The third kappa shape index (κ3) is 5.78. The van der Waals surface area contributed by atoms with Gasteiger partial charge < -0.3 is 9.47 Å². The Labute approximate surface area is 222 Å². The molecule has 0 bridgehead atoms. The number of thiocarbonyl (C=S) groups is 1. The van der Waals surface area contributed by atoms with Gasteiger partial charge in [0.1, 0.15) is 12.2 Å². The van der Waals surface area contributed by atoms with Crippen LogP contribution in [-0.4, -0.2) is 24.0 Å². The molecule has 0 aliphatic carbocycles. The zero-order valence-electron chi connectivity index (χ0n) is 20.8. The van der Waals surface area contributed by atoms with Gasteiger partial charge in [0, 0.05) is 5.56 Å². The Bertz CT molecular complexity index is 1360. The van der Waals surface area contributed by atoms with Crippen molar-refractivity contribution in [1.82, 2.24) is 5.32 Å². The Morgan fingerprint density at radius 3 is 2.41 bits per heavy atom. The number of amides is 2. The second-order valence-electron chi connectivity index (χ2n) is 8.46. The first-order valence-corrected chi connectivity index (χ1v) is 12.3. The summed E-state index contributed by atoms with van der Waals surface area (Å²) >= 11 is 5.32. The molecule has 0 unspecified atom stereocenters. The van der Waals surface area contributed by atoms with E-state index in [-0.39, 0.29) is 10.7 Å². The Kier molecular flexibility index (Phi) is 8.15. The van der Waals surface area contributed by atoms with Crippen LogP contribution in [0.1, 0.15) is 29.2 Å². The maximum Gasteiger partial charge on any atom is 0.270 e. The van der Waals surface area contributed by atoms with Crippen molar-refractivity contribution < 1.29 is 19.1 Å². The molecule has 6 nitrogen and oxygen atoms in total. The summed E-state index contributed by atoms with van der Waals surface area (Å²) in [6.45, 7) is 6.28. The number of benzene rings is 3. The number of rotatable bonds is 9. The van der Waals surface area contributed by atoms with Crippen molar-refractivity contribution >= 4 is 40.9 Å². The highest BCUT2D eigenvalue weighted by atomic mass is 32.1. The molecule has 0 saturated carbocycles. The average Bonchev–Trinajstić information content (AvgIpc) is 2.91. The van der Waals surface area contributed by atoms with Crippen LogP contribution in [0.5, 0.6) is 11.5 Å². The first kappa shape index (κ1) is 25.9. The number of hydrogen-bond donors (Lipinski definition) is 1. The van der Waals surface area contributed by atoms with Crippen LogP contribution < -0.4 is 19.7 Å². The summed E-state index contributed by atoms with van der Waals surface area (Å²) in [6, 6.07) is 21.0. The molecule has 1 fully saturated rings. The van der Waals surface area contributed by atoms with E-state index in [0.29, 0.717) is 35.8 Å². The fourth-order valence-corrected chi connectivity index (χ4v) is 4.34. The Morgan fingerprint density at radius 2 is 1.76 bits per heavy atom. The van der Waals surface area contributed by atoms with Crippen LogP contribution in [0.2, 0.25) is 0 Å². The Morgan fingerprint density at radius 1 is 1.03 bits per heavy atom. The molecule has 1 aliphatic rings. The molecule has 0 radical (unpaired) electrons. The van der Waals surface area contributed by atoms with E-state index in [2.05, 4.69) is 18.8 Å². The molecule has 0 atom stereocenters. The summed E-state index contributed by atoms with van der Waals surface area (Å²) in [5.74, 6) is 0.0386. The molecule has 37 heavy (non-hydrogen) atoms. The van der Waals surface area contributed by atoms with Crippen molar-refractivity contribution in [2.45, 2.75) is 26.4 Å². The summed E-state index contributed by atoms with van der Waals surface area (Å²) in [5.41, 5.74) is 4.16. The second-order valence-corrected chi connectivity index (χ2v) is 8.84. The van der Waals surface area contributed by atoms with Gasteiger partial charge in [0.2, 0.25) is 0 Å². The van der Waals surface area contributed by atoms with Gasteiger partial charge in [-0.3, -0.25) is 19.8 Å². The summed E-state index contributed by atoms with van der Waals surface area (Å²) in [6.07, 6.45) is 4.70. The molecule has 1 aliphatic heterocycles. The molecule has 1 saturated heterocycles. The minimum absolute atomic E-state index is 0.0299. The van der Waals surface area contributed by atoms with E-state index in [4.69, 9.17) is 21.7 Å². The molecule has 0 spiro atoms. The van der Waals surface area contributed by atoms with Crippen molar-refractivity contribution in [3.05, 3.63) is 107 Å². The normalized spacial score (nSPS) is 14.5. The number of carbonyl (C=O) groups excluding carboxylic acids is 2. The minimum atomic E-state index is -0.551. The van der Waals surface area contributed by atoms with Gasteiger partial charge in [-0.2, -0.15) is 0 Å². The standard InChI is InChI=1S/C30H28N2O4S/c1-4-9-23-16-22(18-26(35-3)27(23)36-19-21-10-7-6-8-11-21)17-25-28(33)31-30(37)32(29(25)34)24-14-12-20(5-2)13-15-24/h4,6-8,10-18H,1,5,9,19H2,2-3H3,(H,31,33,37)/b25-17+. The molecule has 3 aromatic carbocycles. The fourth-order valence-electron chi connectivity index (χ4n) is 4.06. The molecular formula is C30H28N2O4S. The zero-order chi connectivity index (χ0) is 26.4. The topological polar surface area (TPSA) is 67.9 Å². The Balaban J connectivity index is 1.69. The third-order valence-electron chi connectivity index (χ3n) is 5.98. The van der Waals surface area contributed by atoms with Gasteiger partial charge >= 0.3 is 0 Å². The quantitative estimate of drug-likeness (QED) is 0.180. The number of methoxy groups -OCH3 is 1. The molecule has 4 rings (SSSR count). The van der Waals surface area contributed by atoms with Gasteiger partial charge in [0.05, 0.1) is 12.8 Å². The van der Waals surface area contributed by atoms with Crippen LogP contribution >= 0.6 is 12.2 Å². The van der Waals surface area contributed by atoms with Crippen LogP contribution in [-0.2, 0) is 29.0 Å². The van der Waals surface area contributed by atoms with Crippen molar-refractivity contribution in [3.8, 4) is 11.5 Å². The summed E-state index contributed by atoms with van der Waals surface area (Å²) in [7, 11) is 1.55. The number of nitrogens with zero attached hydrogens (tertiary/aromatic N) is 1. The van der Waals surface area contributed by atoms with Gasteiger partial charge in [-0.05, 0) is 72.1 Å². The highest BCUT2D eigenvalue weighted by Crippen LogP contribution is 2.35. The number of aryl methyl sites for hydroxylation is 1. The first-order valence-electron chi connectivity index (χ1n) is 11.9. The lowest BCUT2D eigenvalue weighted by atomic mass is 10.0. The van der Waals surface area contributed by atoms with Crippen molar-refractivity contribution in [2.75, 3.05) is 12.0 Å². The number of carbonyl (C=O) groups is 2. The lowest BCUT2D eigenvalue weighted by molar-refractivity contribution is -0.122. The summed E-state index contributed by atoms with van der Waals surface area (Å²) < 4.78 is 11.8. The molecule has 1 heterocycles. The summed E-state index contributed by atoms with van der Waals surface area (Å²) in [4.78, 5) is 27.6. The van der Waals surface area contributed by atoms with Crippen molar-refractivity contribution in [2.24, 2.45) is 0 Å². The van der Waals surface area contributed by atoms with Gasteiger partial charge in [0.25, 0.3) is 11.8 Å². The number of hydrogen-bond acceptors (Lipinski definition) is 5.